The molecule has 1 N–H and O–H groups in total. The van der Waals surface area contributed by atoms with Gasteiger partial charge in [0.1, 0.15) is 4.83 Å². The van der Waals surface area contributed by atoms with E-state index in [1.54, 1.807) is 11.3 Å². The predicted octanol–water partition coefficient (Wildman–Crippen LogP) is 5.10. The molecule has 0 amide bonds. The van der Waals surface area contributed by atoms with Crippen molar-refractivity contribution in [3.8, 4) is 11.1 Å². The molecule has 0 aliphatic rings. The lowest BCUT2D eigenvalue weighted by Crippen LogP contribution is -2.04. The Morgan fingerprint density at radius 1 is 1.13 bits per heavy atom. The second-order valence-electron chi connectivity index (χ2n) is 5.33. The van der Waals surface area contributed by atoms with Gasteiger partial charge in [0.15, 0.2) is 0 Å². The van der Waals surface area contributed by atoms with Crippen LogP contribution in [0.4, 0.5) is 0 Å². The van der Waals surface area contributed by atoms with Crippen molar-refractivity contribution in [2.24, 2.45) is 0 Å². The number of nitrogens with zero attached hydrogens (tertiary/aromatic N) is 1. The summed E-state index contributed by atoms with van der Waals surface area (Å²) >= 11 is 7.63. The van der Waals surface area contributed by atoms with Crippen LogP contribution >= 0.6 is 22.9 Å². The lowest BCUT2D eigenvalue weighted by Gasteiger charge is -2.05. The molecule has 0 saturated carbocycles. The van der Waals surface area contributed by atoms with Crippen LogP contribution in [-0.4, -0.2) is 15.5 Å². The minimum Gasteiger partial charge on any atom is -0.481 e. The SMILES string of the molecule is O=C(O)Cc1c(-c2ccc(Cl)cc2)cc2sc3ccccc3n12. The van der Waals surface area contributed by atoms with Gasteiger partial charge in [-0.25, -0.2) is 0 Å². The third-order valence-electron chi connectivity index (χ3n) is 3.86. The van der Waals surface area contributed by atoms with Crippen LogP contribution in [0.5, 0.6) is 0 Å². The average molecular weight is 342 g/mol. The summed E-state index contributed by atoms with van der Waals surface area (Å²) in [5.74, 6) is -0.838. The second kappa shape index (κ2) is 5.41. The average Bonchev–Trinajstić information content (AvgIpc) is 3.05. The van der Waals surface area contributed by atoms with Crippen molar-refractivity contribution in [2.45, 2.75) is 6.42 Å². The third-order valence-corrected chi connectivity index (χ3v) is 5.19. The first-order valence-corrected chi connectivity index (χ1v) is 8.32. The number of hydrogen-bond donors (Lipinski definition) is 1. The molecule has 2 aromatic carbocycles. The van der Waals surface area contributed by atoms with Crippen molar-refractivity contribution in [1.82, 2.24) is 4.40 Å². The summed E-state index contributed by atoms with van der Waals surface area (Å²) in [5.41, 5.74) is 3.77. The summed E-state index contributed by atoms with van der Waals surface area (Å²) in [7, 11) is 0. The van der Waals surface area contributed by atoms with Gasteiger partial charge in [-0.2, -0.15) is 0 Å². The van der Waals surface area contributed by atoms with Crippen LogP contribution in [0.3, 0.4) is 0 Å². The largest absolute Gasteiger partial charge is 0.481 e. The number of carboxylic acid groups (broad SMARTS) is 1. The number of aliphatic carboxylic acids is 1. The Hall–Kier alpha value is -2.30. The normalized spacial score (nSPS) is 11.3. The quantitative estimate of drug-likeness (QED) is 0.563. The van der Waals surface area contributed by atoms with Crippen molar-refractivity contribution < 1.29 is 9.90 Å². The van der Waals surface area contributed by atoms with Crippen LogP contribution in [0.15, 0.2) is 54.6 Å². The van der Waals surface area contributed by atoms with Crippen molar-refractivity contribution >= 4 is 44.0 Å². The molecule has 2 aromatic heterocycles. The number of thiazole rings is 1. The van der Waals surface area contributed by atoms with Crippen molar-refractivity contribution in [3.63, 3.8) is 0 Å². The molecule has 5 heteroatoms. The number of hydrogen-bond acceptors (Lipinski definition) is 2. The summed E-state index contributed by atoms with van der Waals surface area (Å²) in [6, 6.07) is 17.6. The molecule has 0 saturated heterocycles. The highest BCUT2D eigenvalue weighted by atomic mass is 35.5. The molecule has 3 nitrogen and oxygen atoms in total. The van der Waals surface area contributed by atoms with Gasteiger partial charge in [0.25, 0.3) is 0 Å². The molecule has 0 radical (unpaired) electrons. The molecule has 0 fully saturated rings. The molecule has 0 aliphatic heterocycles. The molecule has 23 heavy (non-hydrogen) atoms. The molecule has 0 spiro atoms. The maximum Gasteiger partial charge on any atom is 0.309 e. The van der Waals surface area contributed by atoms with Gasteiger partial charge >= 0.3 is 5.97 Å². The summed E-state index contributed by atoms with van der Waals surface area (Å²) in [5, 5.41) is 10.0. The highest BCUT2D eigenvalue weighted by Gasteiger charge is 2.18. The summed E-state index contributed by atoms with van der Waals surface area (Å²) < 4.78 is 3.20. The van der Waals surface area contributed by atoms with E-state index in [4.69, 9.17) is 11.6 Å². The number of aromatic nitrogens is 1. The van der Waals surface area contributed by atoms with Crippen molar-refractivity contribution in [1.29, 1.82) is 0 Å². The van der Waals surface area contributed by atoms with Gasteiger partial charge < -0.3 is 9.51 Å². The summed E-state index contributed by atoms with van der Waals surface area (Å²) in [4.78, 5) is 12.4. The van der Waals surface area contributed by atoms with Crippen LogP contribution in [0.25, 0.3) is 26.2 Å². The molecule has 0 atom stereocenters. The fourth-order valence-electron chi connectivity index (χ4n) is 2.90. The Morgan fingerprint density at radius 3 is 2.61 bits per heavy atom. The predicted molar refractivity (Wildman–Crippen MR) is 94.6 cm³/mol. The molecule has 0 bridgehead atoms. The zero-order valence-electron chi connectivity index (χ0n) is 12.0. The van der Waals surface area contributed by atoms with E-state index in [-0.39, 0.29) is 6.42 Å². The monoisotopic (exact) mass is 341 g/mol. The van der Waals surface area contributed by atoms with E-state index in [0.717, 1.165) is 31.9 Å². The minimum atomic E-state index is -0.838. The van der Waals surface area contributed by atoms with Crippen molar-refractivity contribution in [2.75, 3.05) is 0 Å². The minimum absolute atomic E-state index is 0.0210. The van der Waals surface area contributed by atoms with Gasteiger partial charge in [0.05, 0.1) is 16.6 Å². The highest BCUT2D eigenvalue weighted by Crippen LogP contribution is 2.36. The number of carbonyl (C=O) groups is 1. The van der Waals surface area contributed by atoms with Gasteiger partial charge in [-0.05, 0) is 35.9 Å². The molecule has 0 unspecified atom stereocenters. The third kappa shape index (κ3) is 2.40. The molecule has 2 heterocycles. The Morgan fingerprint density at radius 2 is 1.87 bits per heavy atom. The van der Waals surface area contributed by atoms with Crippen LogP contribution < -0.4 is 0 Å². The highest BCUT2D eigenvalue weighted by molar-refractivity contribution is 7.24. The zero-order valence-corrected chi connectivity index (χ0v) is 13.6. The maximum absolute atomic E-state index is 11.4. The van der Waals surface area contributed by atoms with E-state index < -0.39 is 5.97 Å². The van der Waals surface area contributed by atoms with Crippen LogP contribution in [-0.2, 0) is 11.2 Å². The summed E-state index contributed by atoms with van der Waals surface area (Å²) in [6.45, 7) is 0. The van der Waals surface area contributed by atoms with E-state index >= 15 is 0 Å². The van der Waals surface area contributed by atoms with Crippen LogP contribution in [0.1, 0.15) is 5.69 Å². The second-order valence-corrected chi connectivity index (χ2v) is 6.82. The molecule has 4 rings (SSSR count). The van der Waals surface area contributed by atoms with Gasteiger partial charge in [0, 0.05) is 16.3 Å². The maximum atomic E-state index is 11.4. The van der Waals surface area contributed by atoms with Gasteiger partial charge in [0.2, 0.25) is 0 Å². The molecule has 4 aromatic rings. The van der Waals surface area contributed by atoms with Gasteiger partial charge in [-0.3, -0.25) is 4.79 Å². The van der Waals surface area contributed by atoms with E-state index in [1.165, 1.54) is 0 Å². The smallest absolute Gasteiger partial charge is 0.309 e. The molecular formula is C18H12ClNO2S. The Balaban J connectivity index is 2.03. The van der Waals surface area contributed by atoms with Crippen LogP contribution in [0, 0.1) is 0 Å². The zero-order chi connectivity index (χ0) is 16.0. The number of benzene rings is 2. The number of para-hydroxylation sites is 1. The first-order chi connectivity index (χ1) is 11.1. The lowest BCUT2D eigenvalue weighted by atomic mass is 10.0. The Kier molecular flexibility index (Phi) is 3.36. The molecule has 0 aliphatic carbocycles. The fourth-order valence-corrected chi connectivity index (χ4v) is 4.14. The number of fused-ring (bicyclic) bond motifs is 3. The topological polar surface area (TPSA) is 41.7 Å². The van der Waals surface area contributed by atoms with Crippen LogP contribution in [0.2, 0.25) is 5.02 Å². The number of carboxylic acids is 1. The molecule has 114 valence electrons. The van der Waals surface area contributed by atoms with E-state index in [9.17, 15) is 9.90 Å². The first kappa shape index (κ1) is 14.3. The molecular weight excluding hydrogens is 330 g/mol. The van der Waals surface area contributed by atoms with E-state index in [1.807, 2.05) is 42.5 Å². The number of halogens is 1. The summed E-state index contributed by atoms with van der Waals surface area (Å²) in [6.07, 6.45) is -0.0210. The van der Waals surface area contributed by atoms with E-state index in [2.05, 4.69) is 16.5 Å². The van der Waals surface area contributed by atoms with Gasteiger partial charge in [-0.15, -0.1) is 11.3 Å². The van der Waals surface area contributed by atoms with E-state index in [0.29, 0.717) is 5.02 Å². The lowest BCUT2D eigenvalue weighted by molar-refractivity contribution is -0.136. The standard InChI is InChI=1S/C18H12ClNO2S/c19-12-7-5-11(6-8-12)13-9-17-20(15(13)10-18(21)22)14-3-1-2-4-16(14)23-17/h1-9H,10H2,(H,21,22). The number of rotatable bonds is 3. The fraction of sp³-hybridized carbons (Fsp3) is 0.0556. The van der Waals surface area contributed by atoms with Gasteiger partial charge in [-0.1, -0.05) is 35.9 Å². The Bertz CT molecular complexity index is 1030. The first-order valence-electron chi connectivity index (χ1n) is 7.13. The van der Waals surface area contributed by atoms with Crippen molar-refractivity contribution in [3.05, 3.63) is 65.3 Å². The Labute approximate surface area is 141 Å².